The fourth-order valence-electron chi connectivity index (χ4n) is 6.60. The molecule has 2 aliphatic rings. The summed E-state index contributed by atoms with van der Waals surface area (Å²) in [5.74, 6) is 0. The zero-order valence-electron chi connectivity index (χ0n) is 22.7. The number of fused-ring (bicyclic) bond motifs is 20. The van der Waals surface area contributed by atoms with Crippen molar-refractivity contribution < 1.29 is 0 Å². The second-order valence-corrected chi connectivity index (χ2v) is 12.0. The molecule has 8 bridgehead atoms. The molecule has 0 atom stereocenters. The molecule has 2 N–H and O–H groups in total. The maximum Gasteiger partial charge on any atom is 0.136 e. The van der Waals surface area contributed by atoms with Gasteiger partial charge in [0.05, 0.1) is 28.3 Å². The van der Waals surface area contributed by atoms with Crippen LogP contribution in [0, 0.1) is 0 Å². The SMILES string of the molecule is ClC(Cl)c1c2nc(cc3[nH]c(cc4nc(cc5[nH]c1c1ccccc51)-c1ccccc1-4)c1ccccc31)-c1ccccc1-2. The van der Waals surface area contributed by atoms with Gasteiger partial charge in [0.1, 0.15) is 4.84 Å². The van der Waals surface area contributed by atoms with Crippen LogP contribution >= 0.6 is 23.2 Å². The van der Waals surface area contributed by atoms with Crippen molar-refractivity contribution in [1.29, 1.82) is 0 Å². The van der Waals surface area contributed by atoms with Crippen LogP contribution in [0.5, 0.6) is 0 Å². The molecule has 0 amide bonds. The lowest BCUT2D eigenvalue weighted by Crippen LogP contribution is -1.89. The minimum absolute atomic E-state index is 0.744. The first kappa shape index (κ1) is 24.7. The Morgan fingerprint density at radius 3 is 1.44 bits per heavy atom. The van der Waals surface area contributed by atoms with Crippen molar-refractivity contribution in [2.24, 2.45) is 0 Å². The molecule has 4 aromatic carbocycles. The average molecular weight is 594 g/mol. The van der Waals surface area contributed by atoms with Gasteiger partial charge in [0.25, 0.3) is 0 Å². The smallest absolute Gasteiger partial charge is 0.136 e. The molecule has 7 aromatic rings. The number of rotatable bonds is 1. The Morgan fingerprint density at radius 1 is 0.465 bits per heavy atom. The molecule has 0 saturated carbocycles. The summed E-state index contributed by atoms with van der Waals surface area (Å²) in [5.41, 5.74) is 12.2. The summed E-state index contributed by atoms with van der Waals surface area (Å²) >= 11 is 13.7. The van der Waals surface area contributed by atoms with Crippen LogP contribution in [0.3, 0.4) is 0 Å². The van der Waals surface area contributed by atoms with Gasteiger partial charge in [-0.25, -0.2) is 9.97 Å². The molecule has 0 radical (unpaired) electrons. The fourth-order valence-corrected chi connectivity index (χ4v) is 7.03. The van der Waals surface area contributed by atoms with Gasteiger partial charge >= 0.3 is 0 Å². The third-order valence-electron chi connectivity index (χ3n) is 8.52. The highest BCUT2D eigenvalue weighted by atomic mass is 35.5. The van der Waals surface area contributed by atoms with Gasteiger partial charge in [0.15, 0.2) is 0 Å². The van der Waals surface area contributed by atoms with Crippen LogP contribution in [0.4, 0.5) is 0 Å². The number of aromatic nitrogens is 4. The number of hydrogen-bond donors (Lipinski definition) is 2. The lowest BCUT2D eigenvalue weighted by Gasteiger charge is -2.07. The van der Waals surface area contributed by atoms with Crippen molar-refractivity contribution in [2.45, 2.75) is 4.84 Å². The van der Waals surface area contributed by atoms with Crippen molar-refractivity contribution in [3.05, 3.63) is 121 Å². The van der Waals surface area contributed by atoms with E-state index in [1.165, 1.54) is 0 Å². The Balaban J connectivity index is 1.55. The van der Waals surface area contributed by atoms with E-state index in [1.54, 1.807) is 0 Å². The standard InChI is InChI=1S/C37H22Cl2N4/c38-37(39)34-35-26-15-7-5-13-24(26)32(42-35)18-30-22-11-3-1-9-20(22)28(40-30)17-29-21-10-2-4-12-23(21)31(41-29)19-33-25-14-6-8-16-27(25)36(34)43-33/h1-19,37,40,43H. The van der Waals surface area contributed by atoms with Crippen LogP contribution in [0.1, 0.15) is 10.4 Å². The summed E-state index contributed by atoms with van der Waals surface area (Å²) in [5, 5.41) is 4.33. The number of alkyl halides is 2. The van der Waals surface area contributed by atoms with Gasteiger partial charge < -0.3 is 9.97 Å². The van der Waals surface area contributed by atoms with Crippen LogP contribution in [0.15, 0.2) is 115 Å². The summed E-state index contributed by atoms with van der Waals surface area (Å²) in [6.07, 6.45) is 0. The van der Waals surface area contributed by atoms with Crippen LogP contribution in [-0.4, -0.2) is 19.9 Å². The van der Waals surface area contributed by atoms with Crippen LogP contribution in [0.2, 0.25) is 0 Å². The third-order valence-corrected chi connectivity index (χ3v) is 8.96. The molecule has 0 spiro atoms. The van der Waals surface area contributed by atoms with Crippen LogP contribution < -0.4 is 0 Å². The van der Waals surface area contributed by atoms with Gasteiger partial charge in [-0.15, -0.1) is 0 Å². The zero-order chi connectivity index (χ0) is 28.7. The van der Waals surface area contributed by atoms with Crippen molar-refractivity contribution >= 4 is 66.8 Å². The Kier molecular flexibility index (Phi) is 5.34. The minimum atomic E-state index is -0.822. The van der Waals surface area contributed by atoms with Crippen LogP contribution in [0.25, 0.3) is 88.6 Å². The largest absolute Gasteiger partial charge is 0.354 e. The van der Waals surface area contributed by atoms with Gasteiger partial charge in [-0.2, -0.15) is 0 Å². The molecule has 0 fully saturated rings. The van der Waals surface area contributed by atoms with Crippen molar-refractivity contribution in [2.75, 3.05) is 0 Å². The molecule has 6 heteroatoms. The quantitative estimate of drug-likeness (QED) is 0.186. The third kappa shape index (κ3) is 3.70. The fraction of sp³-hybridized carbons (Fsp3) is 0.0270. The number of hydrogen-bond acceptors (Lipinski definition) is 2. The predicted molar refractivity (Wildman–Crippen MR) is 179 cm³/mol. The lowest BCUT2D eigenvalue weighted by molar-refractivity contribution is 1.30. The van der Waals surface area contributed by atoms with Gasteiger partial charge in [-0.1, -0.05) is 120 Å². The molecule has 0 aliphatic carbocycles. The highest BCUT2D eigenvalue weighted by molar-refractivity contribution is 6.45. The van der Waals surface area contributed by atoms with Gasteiger partial charge in [-0.05, 0) is 18.2 Å². The number of benzene rings is 4. The van der Waals surface area contributed by atoms with Crippen molar-refractivity contribution in [3.63, 3.8) is 0 Å². The Labute approximate surface area is 256 Å². The number of aromatic amines is 2. The molecule has 3 aromatic heterocycles. The van der Waals surface area contributed by atoms with E-state index in [9.17, 15) is 0 Å². The normalized spacial score (nSPS) is 12.2. The number of nitrogens with zero attached hydrogens (tertiary/aromatic N) is 2. The predicted octanol–water partition coefficient (Wildman–Crippen LogP) is 10.8. The first-order valence-corrected chi connectivity index (χ1v) is 15.0. The molecule has 4 nitrogen and oxygen atoms in total. The maximum atomic E-state index is 6.83. The van der Waals surface area contributed by atoms with E-state index in [4.69, 9.17) is 33.2 Å². The second-order valence-electron chi connectivity index (χ2n) is 10.9. The van der Waals surface area contributed by atoms with E-state index >= 15 is 0 Å². The molecule has 5 heterocycles. The first-order chi connectivity index (χ1) is 21.1. The lowest BCUT2D eigenvalue weighted by atomic mass is 10.0. The topological polar surface area (TPSA) is 57.4 Å². The van der Waals surface area contributed by atoms with E-state index in [1.807, 2.05) is 24.3 Å². The van der Waals surface area contributed by atoms with E-state index in [-0.39, 0.29) is 0 Å². The molecule has 0 saturated heterocycles. The maximum absolute atomic E-state index is 6.83. The van der Waals surface area contributed by atoms with Gasteiger partial charge in [-0.3, -0.25) is 0 Å². The summed E-state index contributed by atoms with van der Waals surface area (Å²) in [7, 11) is 0. The molecular formula is C37H22Cl2N4. The Morgan fingerprint density at radius 2 is 0.884 bits per heavy atom. The van der Waals surface area contributed by atoms with Crippen molar-refractivity contribution in [1.82, 2.24) is 19.9 Å². The second kappa shape index (κ2) is 9.30. The first-order valence-electron chi connectivity index (χ1n) is 14.2. The van der Waals surface area contributed by atoms with Crippen molar-refractivity contribution in [3.8, 4) is 45.0 Å². The molecule has 43 heavy (non-hydrogen) atoms. The molecular weight excluding hydrogens is 571 g/mol. The van der Waals surface area contributed by atoms with Gasteiger partial charge in [0.2, 0.25) is 0 Å². The Bertz CT molecular complexity index is 2450. The highest BCUT2D eigenvalue weighted by Crippen LogP contribution is 2.45. The summed E-state index contributed by atoms with van der Waals surface area (Å²) in [6.45, 7) is 0. The minimum Gasteiger partial charge on any atom is -0.354 e. The van der Waals surface area contributed by atoms with E-state index in [0.717, 1.165) is 94.2 Å². The number of H-pyrrole nitrogens is 2. The van der Waals surface area contributed by atoms with Gasteiger partial charge in [0, 0.05) is 65.9 Å². The molecule has 204 valence electrons. The highest BCUT2D eigenvalue weighted by Gasteiger charge is 2.25. The number of halogens is 2. The number of nitrogens with one attached hydrogen (secondary N) is 2. The molecule has 2 aliphatic heterocycles. The van der Waals surface area contributed by atoms with E-state index in [0.29, 0.717) is 0 Å². The molecule has 0 unspecified atom stereocenters. The zero-order valence-corrected chi connectivity index (χ0v) is 24.2. The van der Waals surface area contributed by atoms with E-state index < -0.39 is 4.84 Å². The summed E-state index contributed by atoms with van der Waals surface area (Å²) in [4.78, 5) is 17.0. The van der Waals surface area contributed by atoms with Crippen LogP contribution in [-0.2, 0) is 0 Å². The van der Waals surface area contributed by atoms with E-state index in [2.05, 4.69) is 101 Å². The monoisotopic (exact) mass is 592 g/mol. The summed E-state index contributed by atoms with van der Waals surface area (Å²) in [6, 6.07) is 39.8. The Hall–Kier alpha value is -4.90. The summed E-state index contributed by atoms with van der Waals surface area (Å²) < 4.78 is 0. The average Bonchev–Trinajstić information content (AvgIpc) is 3.77. The molecule has 9 rings (SSSR count).